The zero-order chi connectivity index (χ0) is 16.6. The number of benzene rings is 1. The first-order valence-electron chi connectivity index (χ1n) is 7.03. The predicted molar refractivity (Wildman–Crippen MR) is 77.7 cm³/mol. The summed E-state index contributed by atoms with van der Waals surface area (Å²) in [6.45, 7) is 1.26. The van der Waals surface area contributed by atoms with Crippen molar-refractivity contribution in [3.63, 3.8) is 0 Å². The molecule has 6 nitrogen and oxygen atoms in total. The Hall–Kier alpha value is -2.67. The number of aliphatic hydroxyl groups is 1. The summed E-state index contributed by atoms with van der Waals surface area (Å²) >= 11 is 0. The number of β-amino-alcohol motifs (C(OH)–C–C–N with tert-alkyl or cyclic N) is 1. The number of furan rings is 1. The summed E-state index contributed by atoms with van der Waals surface area (Å²) in [4.78, 5) is 25.6. The van der Waals surface area contributed by atoms with Crippen LogP contribution in [0.25, 0.3) is 0 Å². The molecule has 2 aromatic rings. The van der Waals surface area contributed by atoms with Gasteiger partial charge in [0, 0.05) is 0 Å². The Morgan fingerprint density at radius 3 is 2.78 bits per heavy atom. The van der Waals surface area contributed by atoms with E-state index in [1.165, 1.54) is 31.4 Å². The molecule has 0 bridgehead atoms. The highest BCUT2D eigenvalue weighted by Crippen LogP contribution is 2.30. The first kappa shape index (κ1) is 15.2. The fraction of sp³-hybridized carbons (Fsp3) is 0.250. The van der Waals surface area contributed by atoms with Crippen molar-refractivity contribution >= 4 is 11.9 Å². The van der Waals surface area contributed by atoms with Crippen LogP contribution in [0.3, 0.4) is 0 Å². The second-order valence-electron chi connectivity index (χ2n) is 5.52. The highest BCUT2D eigenvalue weighted by atomic mass is 19.1. The van der Waals surface area contributed by atoms with E-state index in [1.54, 1.807) is 12.1 Å². The molecule has 2 N–H and O–H groups in total. The molecule has 0 saturated carbocycles. The molecule has 0 radical (unpaired) electrons. The third kappa shape index (κ3) is 2.59. The van der Waals surface area contributed by atoms with Crippen LogP contribution >= 0.6 is 0 Å². The third-order valence-electron chi connectivity index (χ3n) is 3.88. The van der Waals surface area contributed by atoms with Crippen LogP contribution < -0.4 is 5.32 Å². The molecular formula is C16H15FN2O4. The normalized spacial score (nSPS) is 22.3. The number of nitrogens with zero attached hydrogens (tertiary/aromatic N) is 1. The van der Waals surface area contributed by atoms with Gasteiger partial charge in [0.25, 0.3) is 5.91 Å². The monoisotopic (exact) mass is 318 g/mol. The Kier molecular flexibility index (Phi) is 3.65. The van der Waals surface area contributed by atoms with Crippen molar-refractivity contribution in [1.82, 2.24) is 10.2 Å². The Morgan fingerprint density at radius 2 is 2.13 bits per heavy atom. The molecule has 0 aliphatic carbocycles. The first-order chi connectivity index (χ1) is 10.9. The fourth-order valence-corrected chi connectivity index (χ4v) is 2.59. The van der Waals surface area contributed by atoms with Gasteiger partial charge in [-0.15, -0.1) is 0 Å². The van der Waals surface area contributed by atoms with Gasteiger partial charge in [0.15, 0.2) is 5.54 Å². The number of carbonyl (C=O) groups excluding carboxylic acids is 2. The van der Waals surface area contributed by atoms with E-state index in [4.69, 9.17) is 4.42 Å². The number of aliphatic hydroxyl groups excluding tert-OH is 1. The molecule has 120 valence electrons. The van der Waals surface area contributed by atoms with E-state index < -0.39 is 29.4 Å². The number of hydrogen-bond acceptors (Lipinski definition) is 4. The zero-order valence-corrected chi connectivity index (χ0v) is 12.3. The minimum atomic E-state index is -1.32. The molecule has 2 atom stereocenters. The smallest absolute Gasteiger partial charge is 0.325 e. The predicted octanol–water partition coefficient (Wildman–Crippen LogP) is 1.92. The topological polar surface area (TPSA) is 82.8 Å². The van der Waals surface area contributed by atoms with Gasteiger partial charge in [0.05, 0.1) is 18.9 Å². The molecule has 23 heavy (non-hydrogen) atoms. The van der Waals surface area contributed by atoms with Crippen LogP contribution in [0.15, 0.2) is 47.1 Å². The van der Waals surface area contributed by atoms with Crippen molar-refractivity contribution in [1.29, 1.82) is 0 Å². The lowest BCUT2D eigenvalue weighted by Gasteiger charge is -2.20. The fourth-order valence-electron chi connectivity index (χ4n) is 2.59. The molecule has 1 fully saturated rings. The molecule has 7 heteroatoms. The molecule has 1 saturated heterocycles. The van der Waals surface area contributed by atoms with E-state index >= 15 is 0 Å². The number of nitrogens with one attached hydrogen (secondary N) is 1. The van der Waals surface area contributed by atoms with Gasteiger partial charge >= 0.3 is 6.03 Å². The largest absolute Gasteiger partial charge is 0.466 e. The van der Waals surface area contributed by atoms with Gasteiger partial charge in [-0.1, -0.05) is 12.1 Å². The summed E-state index contributed by atoms with van der Waals surface area (Å²) in [5, 5.41) is 12.7. The highest BCUT2D eigenvalue weighted by Gasteiger charge is 2.51. The van der Waals surface area contributed by atoms with Crippen molar-refractivity contribution in [3.8, 4) is 0 Å². The van der Waals surface area contributed by atoms with Gasteiger partial charge in [-0.05, 0) is 36.8 Å². The number of carbonyl (C=O) groups is 2. The summed E-state index contributed by atoms with van der Waals surface area (Å²) < 4.78 is 18.4. The molecule has 2 heterocycles. The molecule has 1 aliphatic heterocycles. The van der Waals surface area contributed by atoms with Crippen molar-refractivity contribution < 1.29 is 23.5 Å². The number of hydrogen-bond donors (Lipinski definition) is 2. The molecule has 1 aromatic heterocycles. The average molecular weight is 318 g/mol. The van der Waals surface area contributed by atoms with Gasteiger partial charge in [0.1, 0.15) is 11.6 Å². The van der Waals surface area contributed by atoms with Crippen LogP contribution in [0.1, 0.15) is 24.4 Å². The van der Waals surface area contributed by atoms with Crippen molar-refractivity contribution in [3.05, 3.63) is 59.8 Å². The van der Waals surface area contributed by atoms with Crippen LogP contribution in [0, 0.1) is 5.82 Å². The Bertz CT molecular complexity index is 746. The minimum absolute atomic E-state index is 0.273. The SMILES string of the molecule is CC1(c2ccco2)NC(=O)N(CC(O)c2cccc(F)c2)C1=O. The highest BCUT2D eigenvalue weighted by molar-refractivity contribution is 6.06. The lowest BCUT2D eigenvalue weighted by atomic mass is 9.99. The maximum atomic E-state index is 13.2. The van der Waals surface area contributed by atoms with Gasteiger partial charge in [-0.3, -0.25) is 9.69 Å². The van der Waals surface area contributed by atoms with Crippen LogP contribution in [0.4, 0.5) is 9.18 Å². The zero-order valence-electron chi connectivity index (χ0n) is 12.3. The number of halogens is 1. The molecule has 2 unspecified atom stereocenters. The molecule has 0 spiro atoms. The maximum Gasteiger partial charge on any atom is 0.325 e. The van der Waals surface area contributed by atoms with E-state index in [2.05, 4.69) is 5.32 Å². The Labute approximate surface area is 131 Å². The maximum absolute atomic E-state index is 13.2. The minimum Gasteiger partial charge on any atom is -0.466 e. The van der Waals surface area contributed by atoms with E-state index in [0.29, 0.717) is 5.76 Å². The summed E-state index contributed by atoms with van der Waals surface area (Å²) in [6, 6.07) is 7.95. The van der Waals surface area contributed by atoms with E-state index in [1.807, 2.05) is 0 Å². The van der Waals surface area contributed by atoms with Crippen LogP contribution in [-0.4, -0.2) is 28.5 Å². The second kappa shape index (κ2) is 5.51. The van der Waals surface area contributed by atoms with Gasteiger partial charge in [0.2, 0.25) is 0 Å². The van der Waals surface area contributed by atoms with Gasteiger partial charge in [-0.25, -0.2) is 9.18 Å². The summed E-state index contributed by atoms with van der Waals surface area (Å²) in [5.41, 5.74) is -1.03. The molecule has 3 rings (SSSR count). The number of urea groups is 1. The summed E-state index contributed by atoms with van der Waals surface area (Å²) in [6.07, 6.45) is 0.226. The number of amides is 3. The van der Waals surface area contributed by atoms with Crippen molar-refractivity contribution in [2.75, 3.05) is 6.54 Å². The quantitative estimate of drug-likeness (QED) is 0.844. The van der Waals surface area contributed by atoms with Crippen LogP contribution in [0.2, 0.25) is 0 Å². The van der Waals surface area contributed by atoms with E-state index in [0.717, 1.165) is 11.0 Å². The number of imide groups is 1. The van der Waals surface area contributed by atoms with Crippen molar-refractivity contribution in [2.45, 2.75) is 18.6 Å². The van der Waals surface area contributed by atoms with Gasteiger partial charge in [-0.2, -0.15) is 0 Å². The Balaban J connectivity index is 1.81. The van der Waals surface area contributed by atoms with Crippen LogP contribution in [0.5, 0.6) is 0 Å². The second-order valence-corrected chi connectivity index (χ2v) is 5.52. The van der Waals surface area contributed by atoms with Gasteiger partial charge < -0.3 is 14.8 Å². The first-order valence-corrected chi connectivity index (χ1v) is 7.03. The van der Waals surface area contributed by atoms with E-state index in [-0.39, 0.29) is 12.1 Å². The molecule has 3 amide bonds. The molecule has 1 aliphatic rings. The summed E-state index contributed by atoms with van der Waals surface area (Å²) in [7, 11) is 0. The lowest BCUT2D eigenvalue weighted by Crippen LogP contribution is -2.41. The average Bonchev–Trinajstić information content (AvgIpc) is 3.12. The molecule has 1 aromatic carbocycles. The number of rotatable bonds is 4. The third-order valence-corrected chi connectivity index (χ3v) is 3.88. The van der Waals surface area contributed by atoms with Crippen LogP contribution in [-0.2, 0) is 10.3 Å². The molecular weight excluding hydrogens is 303 g/mol. The standard InChI is InChI=1S/C16H15FN2O4/c1-16(13-6-3-7-23-13)14(21)19(15(22)18-16)9-12(20)10-4-2-5-11(17)8-10/h2-8,12,20H,9H2,1H3,(H,18,22). The Morgan fingerprint density at radius 1 is 1.35 bits per heavy atom. The van der Waals surface area contributed by atoms with Crippen molar-refractivity contribution in [2.24, 2.45) is 0 Å². The lowest BCUT2D eigenvalue weighted by molar-refractivity contribution is -0.132. The van der Waals surface area contributed by atoms with E-state index in [9.17, 15) is 19.1 Å². The summed E-state index contributed by atoms with van der Waals surface area (Å²) in [5.74, 6) is -0.731.